The molecule has 1 aliphatic rings. The number of aryl methyl sites for hydroxylation is 3. The van der Waals surface area contributed by atoms with Gasteiger partial charge in [0, 0.05) is 26.4 Å². The van der Waals surface area contributed by atoms with Gasteiger partial charge in [0.05, 0.1) is 0 Å². The van der Waals surface area contributed by atoms with E-state index in [9.17, 15) is 9.59 Å². The van der Waals surface area contributed by atoms with Gasteiger partial charge in [-0.15, -0.1) is 0 Å². The van der Waals surface area contributed by atoms with Crippen LogP contribution in [0, 0.1) is 13.8 Å². The molecule has 3 N–H and O–H groups in total. The summed E-state index contributed by atoms with van der Waals surface area (Å²) in [5.74, 6) is 2.04. The van der Waals surface area contributed by atoms with Crippen molar-refractivity contribution in [3.05, 3.63) is 65.4 Å². The van der Waals surface area contributed by atoms with Gasteiger partial charge in [0.2, 0.25) is 29.8 Å². The van der Waals surface area contributed by atoms with Gasteiger partial charge in [0.25, 0.3) is 5.91 Å². The summed E-state index contributed by atoms with van der Waals surface area (Å²) >= 11 is 1.84. The number of nitrogens with one attached hydrogen (secondary N) is 2. The van der Waals surface area contributed by atoms with E-state index in [-0.39, 0.29) is 46.3 Å². The molecular formula is C31H33N7O11S. The van der Waals surface area contributed by atoms with Crippen molar-refractivity contribution in [2.45, 2.75) is 52.2 Å². The molecule has 5 aromatic heterocycles. The maximum atomic E-state index is 13.5. The number of amides is 1. The average molecular weight is 712 g/mol. The molecule has 2 unspecified atom stereocenters. The van der Waals surface area contributed by atoms with E-state index in [0.717, 1.165) is 24.2 Å². The number of hydrogen-bond donors (Lipinski definition) is 3. The minimum absolute atomic E-state index is 0.00504. The highest BCUT2D eigenvalue weighted by Crippen LogP contribution is 2.32. The minimum Gasteiger partial charge on any atom is -0.476 e. The lowest BCUT2D eigenvalue weighted by molar-refractivity contribution is -0.139. The number of rotatable bonds is 16. The number of carbonyl (C=O) groups excluding carboxylic acids is 1. The molecule has 18 nitrogen and oxygen atoms in total. The second-order valence-electron chi connectivity index (χ2n) is 10.8. The maximum Gasteiger partial charge on any atom is 0.357 e. The highest BCUT2D eigenvalue weighted by molar-refractivity contribution is 7.99. The molecule has 50 heavy (non-hydrogen) atoms. The summed E-state index contributed by atoms with van der Waals surface area (Å²) in [6.07, 6.45) is 4.68. The van der Waals surface area contributed by atoms with E-state index < -0.39 is 30.4 Å². The fraction of sp³-hybridized carbons (Fsp3) is 0.387. The van der Waals surface area contributed by atoms with E-state index in [1.165, 1.54) is 33.0 Å². The number of oxazole rings is 5. The summed E-state index contributed by atoms with van der Waals surface area (Å²) in [6, 6.07) is -1.04. The third-order valence-corrected chi connectivity index (χ3v) is 8.45. The zero-order valence-corrected chi connectivity index (χ0v) is 28.4. The molecule has 0 radical (unpaired) electrons. The quantitative estimate of drug-likeness (QED) is 0.0939. The van der Waals surface area contributed by atoms with Crippen molar-refractivity contribution in [3.63, 3.8) is 0 Å². The Morgan fingerprint density at radius 3 is 2.42 bits per heavy atom. The van der Waals surface area contributed by atoms with Gasteiger partial charge in [0.1, 0.15) is 48.0 Å². The zero-order chi connectivity index (χ0) is 35.4. The number of methoxy groups -OCH3 is 2. The van der Waals surface area contributed by atoms with Crippen molar-refractivity contribution in [2.24, 2.45) is 0 Å². The topological polar surface area (TPSA) is 236 Å². The van der Waals surface area contributed by atoms with Crippen molar-refractivity contribution < 1.29 is 51.0 Å². The van der Waals surface area contributed by atoms with E-state index in [1.54, 1.807) is 13.8 Å². The van der Waals surface area contributed by atoms with Gasteiger partial charge in [0.15, 0.2) is 41.0 Å². The van der Waals surface area contributed by atoms with Crippen LogP contribution in [0.25, 0.3) is 34.8 Å². The molecule has 0 fully saturated rings. The van der Waals surface area contributed by atoms with Crippen molar-refractivity contribution >= 4 is 23.6 Å². The Bertz CT molecular complexity index is 1990. The summed E-state index contributed by atoms with van der Waals surface area (Å²) < 4.78 is 44.7. The highest BCUT2D eigenvalue weighted by atomic mass is 32.2. The van der Waals surface area contributed by atoms with Gasteiger partial charge in [-0.05, 0) is 26.0 Å². The Labute approximate surface area is 288 Å². The Balaban J connectivity index is 1.12. The van der Waals surface area contributed by atoms with E-state index in [1.807, 2.05) is 11.8 Å². The number of thioether (sulfide) groups is 1. The van der Waals surface area contributed by atoms with Gasteiger partial charge in [-0.25, -0.2) is 29.7 Å². The zero-order valence-electron chi connectivity index (χ0n) is 27.5. The molecule has 0 aliphatic carbocycles. The average Bonchev–Trinajstić information content (AvgIpc) is 3.95. The predicted octanol–water partition coefficient (Wildman–Crippen LogP) is 4.56. The molecule has 1 aliphatic heterocycles. The first-order valence-electron chi connectivity index (χ1n) is 15.3. The lowest BCUT2D eigenvalue weighted by Crippen LogP contribution is -2.40. The Morgan fingerprint density at radius 1 is 0.940 bits per heavy atom. The maximum absolute atomic E-state index is 13.5. The first-order chi connectivity index (χ1) is 24.2. The molecule has 0 aromatic carbocycles. The monoisotopic (exact) mass is 711 g/mol. The second-order valence-corrected chi connectivity index (χ2v) is 12.0. The molecule has 19 heteroatoms. The number of hydrogen-bond acceptors (Lipinski definition) is 17. The van der Waals surface area contributed by atoms with Crippen molar-refractivity contribution in [1.82, 2.24) is 35.6 Å². The largest absolute Gasteiger partial charge is 0.476 e. The molecule has 1 amide bonds. The summed E-state index contributed by atoms with van der Waals surface area (Å²) in [4.78, 5) is 46.3. The van der Waals surface area contributed by atoms with Gasteiger partial charge < -0.3 is 52.0 Å². The Morgan fingerprint density at radius 2 is 1.68 bits per heavy atom. The molecule has 0 bridgehead atoms. The lowest BCUT2D eigenvalue weighted by Gasteiger charge is -2.23. The number of nitrogens with zero attached hydrogens (tertiary/aromatic N) is 5. The highest BCUT2D eigenvalue weighted by Gasteiger charge is 2.35. The first kappa shape index (κ1) is 34.5. The van der Waals surface area contributed by atoms with Gasteiger partial charge in [-0.1, -0.05) is 6.92 Å². The van der Waals surface area contributed by atoms with Crippen LogP contribution in [0.2, 0.25) is 0 Å². The Kier molecular flexibility index (Phi) is 10.3. The van der Waals surface area contributed by atoms with Gasteiger partial charge >= 0.3 is 5.97 Å². The summed E-state index contributed by atoms with van der Waals surface area (Å²) in [7, 11) is 2.78. The number of aromatic carboxylic acids is 1. The van der Waals surface area contributed by atoms with E-state index in [4.69, 9.17) is 41.4 Å². The normalized spacial score (nSPS) is 14.8. The molecule has 6 heterocycles. The Hall–Kier alpha value is -5.40. The second kappa shape index (κ2) is 15.0. The SMILES string of the molecule is CCCSCCc1nc(-c2nc(C3NC(C(=O)NC(c4nc(-c5nc(-c6nc(C(=O)O)co6)co5)co4)C(OC)OC)=CO3)c(C)o2)c(C)o1. The fourth-order valence-corrected chi connectivity index (χ4v) is 5.67. The standard InChI is InChI=1S/C31H33N7O11S/c1-6-8-50-9-7-20-36-22(14(2)48-20)29-38-21(15(3)49-29)27-32-16(10-46-27)24(39)37-23(31(42-4)43-5)28-34-18(12-47-28)25-33-17(11-44-25)26-35-19(13-45-26)30(40)41/h10-13,23,27,31-32H,6-9H2,1-5H3,(H,37,39)(H,40,41). The molecule has 5 aromatic rings. The van der Waals surface area contributed by atoms with Crippen molar-refractivity contribution in [1.29, 1.82) is 0 Å². The van der Waals surface area contributed by atoms with Crippen LogP contribution in [0.3, 0.4) is 0 Å². The van der Waals surface area contributed by atoms with Crippen LogP contribution in [-0.4, -0.2) is 73.9 Å². The summed E-state index contributed by atoms with van der Waals surface area (Å²) in [6.45, 7) is 5.68. The first-order valence-corrected chi connectivity index (χ1v) is 16.4. The number of carbonyl (C=O) groups is 2. The van der Waals surface area contributed by atoms with Crippen LogP contribution < -0.4 is 10.6 Å². The molecular weight excluding hydrogens is 678 g/mol. The number of carboxylic acid groups (broad SMARTS) is 1. The third kappa shape index (κ3) is 7.28. The smallest absolute Gasteiger partial charge is 0.357 e. The number of aromatic nitrogens is 5. The van der Waals surface area contributed by atoms with E-state index in [0.29, 0.717) is 35.2 Å². The summed E-state index contributed by atoms with van der Waals surface area (Å²) in [5.41, 5.74) is 1.01. The molecule has 0 spiro atoms. The fourth-order valence-electron chi connectivity index (χ4n) is 4.85. The molecule has 0 saturated carbocycles. The molecule has 264 valence electrons. The number of ether oxygens (including phenoxy) is 3. The van der Waals surface area contributed by atoms with Crippen LogP contribution in [0.4, 0.5) is 0 Å². The van der Waals surface area contributed by atoms with E-state index >= 15 is 0 Å². The van der Waals surface area contributed by atoms with Crippen molar-refractivity contribution in [3.8, 4) is 34.8 Å². The predicted molar refractivity (Wildman–Crippen MR) is 171 cm³/mol. The van der Waals surface area contributed by atoms with Crippen molar-refractivity contribution in [2.75, 3.05) is 25.7 Å². The summed E-state index contributed by atoms with van der Waals surface area (Å²) in [5, 5.41) is 14.9. The van der Waals surface area contributed by atoms with Crippen LogP contribution in [0.5, 0.6) is 0 Å². The van der Waals surface area contributed by atoms with Gasteiger partial charge in [-0.2, -0.15) is 11.8 Å². The van der Waals surface area contributed by atoms with Crippen LogP contribution in [0.1, 0.15) is 65.1 Å². The van der Waals surface area contributed by atoms with Crippen LogP contribution in [-0.2, 0) is 25.4 Å². The lowest BCUT2D eigenvalue weighted by atomic mass is 10.2. The van der Waals surface area contributed by atoms with Gasteiger partial charge in [-0.3, -0.25) is 4.79 Å². The van der Waals surface area contributed by atoms with Crippen LogP contribution >= 0.6 is 11.8 Å². The molecule has 0 saturated heterocycles. The third-order valence-electron chi connectivity index (χ3n) is 7.26. The number of carboxylic acids is 1. The van der Waals surface area contributed by atoms with Crippen LogP contribution in [0.15, 0.2) is 52.8 Å². The molecule has 2 atom stereocenters. The molecule has 6 rings (SSSR count). The van der Waals surface area contributed by atoms with E-state index in [2.05, 4.69) is 42.5 Å². The minimum atomic E-state index is -1.25.